The van der Waals surface area contributed by atoms with Gasteiger partial charge in [-0.3, -0.25) is 0 Å². The molecule has 1 aliphatic heterocycles. The summed E-state index contributed by atoms with van der Waals surface area (Å²) in [6.45, 7) is 3.32. The van der Waals surface area contributed by atoms with Crippen molar-refractivity contribution in [1.29, 1.82) is 5.26 Å². The van der Waals surface area contributed by atoms with Crippen LogP contribution in [0.4, 0.5) is 4.39 Å². The first-order valence-corrected chi connectivity index (χ1v) is 7.67. The average Bonchev–Trinajstić information content (AvgIpc) is 3.15. The van der Waals surface area contributed by atoms with Crippen molar-refractivity contribution in [1.82, 2.24) is 9.55 Å². The minimum atomic E-state index is -0.834. The third-order valence-electron chi connectivity index (χ3n) is 5.17. The summed E-state index contributed by atoms with van der Waals surface area (Å²) in [6.07, 6.45) is 3.05. The molecular formula is C17H18FN3O. The van der Waals surface area contributed by atoms with Crippen molar-refractivity contribution in [3.8, 4) is 6.07 Å². The number of imidazole rings is 1. The van der Waals surface area contributed by atoms with Gasteiger partial charge in [0.05, 0.1) is 41.2 Å². The Kier molecular flexibility index (Phi) is 2.82. The second kappa shape index (κ2) is 4.53. The highest BCUT2D eigenvalue weighted by Gasteiger charge is 2.55. The van der Waals surface area contributed by atoms with Crippen LogP contribution in [0.3, 0.4) is 0 Å². The molecule has 1 saturated carbocycles. The summed E-state index contributed by atoms with van der Waals surface area (Å²) >= 11 is 0. The highest BCUT2D eigenvalue weighted by Crippen LogP contribution is 2.51. The second-order valence-electron chi connectivity index (χ2n) is 7.00. The lowest BCUT2D eigenvalue weighted by Crippen LogP contribution is -2.42. The van der Waals surface area contributed by atoms with Crippen LogP contribution < -0.4 is 0 Å². The number of rotatable bonds is 2. The molecule has 2 heterocycles. The van der Waals surface area contributed by atoms with Gasteiger partial charge in [0.2, 0.25) is 0 Å². The number of hydrogen-bond donors (Lipinski definition) is 0. The average molecular weight is 299 g/mol. The fourth-order valence-corrected chi connectivity index (χ4v) is 3.82. The zero-order valence-electron chi connectivity index (χ0n) is 12.6. The van der Waals surface area contributed by atoms with Gasteiger partial charge in [-0.15, -0.1) is 0 Å². The maximum absolute atomic E-state index is 14.6. The molecule has 5 heteroatoms. The predicted octanol–water partition coefficient (Wildman–Crippen LogP) is 3.21. The van der Waals surface area contributed by atoms with Crippen LogP contribution in [0, 0.1) is 16.7 Å². The summed E-state index contributed by atoms with van der Waals surface area (Å²) in [4.78, 5) is 4.37. The number of nitriles is 1. The van der Waals surface area contributed by atoms with E-state index in [0.717, 1.165) is 30.5 Å². The van der Waals surface area contributed by atoms with Crippen molar-refractivity contribution in [3.63, 3.8) is 0 Å². The second-order valence-corrected chi connectivity index (χ2v) is 7.00. The molecule has 0 amide bonds. The fourth-order valence-electron chi connectivity index (χ4n) is 3.82. The number of nitrogens with zero attached hydrogens (tertiary/aromatic N) is 3. The van der Waals surface area contributed by atoms with Crippen LogP contribution in [0.2, 0.25) is 0 Å². The molecule has 22 heavy (non-hydrogen) atoms. The number of hydrogen-bond acceptors (Lipinski definition) is 3. The van der Waals surface area contributed by atoms with Crippen LogP contribution in [0.15, 0.2) is 24.5 Å². The van der Waals surface area contributed by atoms with Gasteiger partial charge in [-0.25, -0.2) is 9.37 Å². The first-order chi connectivity index (χ1) is 10.5. The van der Waals surface area contributed by atoms with E-state index in [1.165, 1.54) is 0 Å². The van der Waals surface area contributed by atoms with E-state index < -0.39 is 11.6 Å². The Bertz CT molecular complexity index is 774. The van der Waals surface area contributed by atoms with Gasteiger partial charge >= 0.3 is 0 Å². The first-order valence-electron chi connectivity index (χ1n) is 7.67. The molecule has 1 aromatic carbocycles. The van der Waals surface area contributed by atoms with Crippen molar-refractivity contribution >= 4 is 11.0 Å². The van der Waals surface area contributed by atoms with Crippen molar-refractivity contribution in [2.45, 2.75) is 44.5 Å². The number of ether oxygens (including phenoxy) is 1. The molecule has 3 atom stereocenters. The molecule has 4 nitrogen and oxygen atoms in total. The van der Waals surface area contributed by atoms with Crippen LogP contribution in [0.5, 0.6) is 0 Å². The third kappa shape index (κ3) is 2.10. The quantitative estimate of drug-likeness (QED) is 0.800. The van der Waals surface area contributed by atoms with Gasteiger partial charge in [-0.2, -0.15) is 5.26 Å². The molecule has 114 valence electrons. The van der Waals surface area contributed by atoms with Crippen LogP contribution in [0.1, 0.15) is 31.7 Å². The van der Waals surface area contributed by atoms with Crippen LogP contribution in [-0.2, 0) is 11.3 Å². The Morgan fingerprint density at radius 1 is 1.55 bits per heavy atom. The molecule has 0 unspecified atom stereocenters. The van der Waals surface area contributed by atoms with Gasteiger partial charge in [-0.1, -0.05) is 6.92 Å². The largest absolute Gasteiger partial charge is 0.370 e. The van der Waals surface area contributed by atoms with Gasteiger partial charge in [-0.05, 0) is 37.5 Å². The molecule has 2 aromatic rings. The van der Waals surface area contributed by atoms with Crippen LogP contribution in [0.25, 0.3) is 11.0 Å². The Hall–Kier alpha value is -1.93. The molecule has 2 fully saturated rings. The summed E-state index contributed by atoms with van der Waals surface area (Å²) in [6, 6.07) is 7.57. The lowest BCUT2D eigenvalue weighted by atomic mass is 9.69. The van der Waals surface area contributed by atoms with Crippen molar-refractivity contribution in [3.05, 3.63) is 30.1 Å². The van der Waals surface area contributed by atoms with Crippen molar-refractivity contribution < 1.29 is 9.13 Å². The molecule has 0 N–H and O–H groups in total. The molecule has 0 bridgehead atoms. The maximum Gasteiger partial charge on any atom is 0.107 e. The van der Waals surface area contributed by atoms with E-state index in [2.05, 4.69) is 11.1 Å². The van der Waals surface area contributed by atoms with Crippen LogP contribution in [-0.4, -0.2) is 27.9 Å². The van der Waals surface area contributed by atoms with E-state index in [1.54, 1.807) is 12.4 Å². The van der Waals surface area contributed by atoms with Crippen molar-refractivity contribution in [2.75, 3.05) is 6.61 Å². The zero-order chi connectivity index (χ0) is 15.4. The Labute approximate surface area is 128 Å². The highest BCUT2D eigenvalue weighted by atomic mass is 19.1. The number of halogens is 1. The van der Waals surface area contributed by atoms with Crippen molar-refractivity contribution in [2.24, 2.45) is 5.41 Å². The minimum absolute atomic E-state index is 0.0778. The zero-order valence-corrected chi connectivity index (χ0v) is 12.6. The molecule has 2 aliphatic rings. The molecule has 0 radical (unpaired) electrons. The van der Waals surface area contributed by atoms with Gasteiger partial charge in [0.15, 0.2) is 0 Å². The van der Waals surface area contributed by atoms with E-state index in [4.69, 9.17) is 10.00 Å². The van der Waals surface area contributed by atoms with E-state index in [9.17, 15) is 4.39 Å². The number of benzene rings is 1. The highest BCUT2D eigenvalue weighted by molar-refractivity contribution is 5.77. The van der Waals surface area contributed by atoms with E-state index >= 15 is 0 Å². The smallest absolute Gasteiger partial charge is 0.107 e. The number of alkyl halides is 1. The molecule has 4 rings (SSSR count). The number of epoxide rings is 1. The Morgan fingerprint density at radius 2 is 2.36 bits per heavy atom. The number of fused-ring (bicyclic) bond motifs is 1. The predicted molar refractivity (Wildman–Crippen MR) is 80.0 cm³/mol. The normalized spacial score (nSPS) is 34.0. The maximum atomic E-state index is 14.6. The molecule has 1 aromatic heterocycles. The molecule has 1 spiro atoms. The third-order valence-corrected chi connectivity index (χ3v) is 5.17. The van der Waals surface area contributed by atoms with E-state index in [1.807, 2.05) is 23.6 Å². The monoisotopic (exact) mass is 299 g/mol. The SMILES string of the molecule is C[C@@]1(Cn2cnc3ccc(C#N)cc32)C[C@]2(CC[C@@H]1F)CO2. The van der Waals surface area contributed by atoms with E-state index in [0.29, 0.717) is 18.5 Å². The van der Waals surface area contributed by atoms with Gasteiger partial charge in [0.1, 0.15) is 6.17 Å². The fraction of sp³-hybridized carbons (Fsp3) is 0.529. The minimum Gasteiger partial charge on any atom is -0.370 e. The van der Waals surface area contributed by atoms with E-state index in [-0.39, 0.29) is 5.60 Å². The van der Waals surface area contributed by atoms with Crippen LogP contribution >= 0.6 is 0 Å². The Morgan fingerprint density at radius 3 is 3.09 bits per heavy atom. The summed E-state index contributed by atoms with van der Waals surface area (Å²) in [5.74, 6) is 0. The topological polar surface area (TPSA) is 54.1 Å². The van der Waals surface area contributed by atoms with Gasteiger partial charge in [0, 0.05) is 12.0 Å². The first kappa shape index (κ1) is 13.7. The summed E-state index contributed by atoms with van der Waals surface area (Å²) in [5, 5.41) is 9.06. The molecular weight excluding hydrogens is 281 g/mol. The lowest BCUT2D eigenvalue weighted by Gasteiger charge is -2.40. The molecule has 1 saturated heterocycles. The number of aromatic nitrogens is 2. The Balaban J connectivity index is 1.69. The lowest BCUT2D eigenvalue weighted by molar-refractivity contribution is 0.0143. The summed E-state index contributed by atoms with van der Waals surface area (Å²) in [5.41, 5.74) is 1.80. The standard InChI is InChI=1S/C17H18FN3O/c1-16(8-17(10-22-17)5-4-15(16)18)9-21-11-20-13-3-2-12(7-19)6-14(13)21/h2-3,6,11,15H,4-5,8-10H2,1H3/t15-,16-,17+/m0/s1. The van der Waals surface area contributed by atoms with Gasteiger partial charge in [0.25, 0.3) is 0 Å². The van der Waals surface area contributed by atoms with Gasteiger partial charge < -0.3 is 9.30 Å². The summed E-state index contributed by atoms with van der Waals surface area (Å²) < 4.78 is 22.2. The summed E-state index contributed by atoms with van der Waals surface area (Å²) in [7, 11) is 0. The molecule has 1 aliphatic carbocycles.